The Labute approximate surface area is 145 Å². The fourth-order valence-electron chi connectivity index (χ4n) is 2.53. The van der Waals surface area contributed by atoms with Crippen LogP contribution in [0.3, 0.4) is 0 Å². The molecule has 0 saturated carbocycles. The van der Waals surface area contributed by atoms with E-state index in [1.54, 1.807) is 42.3 Å². The molecular weight excluding hydrogens is 318 g/mol. The van der Waals surface area contributed by atoms with Crippen molar-refractivity contribution < 1.29 is 4.79 Å². The first-order valence-corrected chi connectivity index (χ1v) is 7.86. The van der Waals surface area contributed by atoms with E-state index >= 15 is 0 Å². The smallest absolute Gasteiger partial charge is 0.254 e. The van der Waals surface area contributed by atoms with Gasteiger partial charge in [0, 0.05) is 31.9 Å². The summed E-state index contributed by atoms with van der Waals surface area (Å²) in [6, 6.07) is 10.6. The molecule has 0 fully saturated rings. The fraction of sp³-hybridized carbons (Fsp3) is 0.222. The first-order chi connectivity index (χ1) is 12.0. The van der Waals surface area contributed by atoms with Crippen molar-refractivity contribution in [3.05, 3.63) is 76.7 Å². The number of benzene rings is 1. The molecule has 128 valence electrons. The third-order valence-electron chi connectivity index (χ3n) is 4.31. The van der Waals surface area contributed by atoms with Crippen LogP contribution in [0.4, 0.5) is 0 Å². The normalized spacial score (nSPS) is 12.0. The van der Waals surface area contributed by atoms with Crippen molar-refractivity contribution in [1.82, 2.24) is 24.2 Å². The molecule has 0 radical (unpaired) electrons. The molecule has 0 spiro atoms. The van der Waals surface area contributed by atoms with E-state index < -0.39 is 0 Å². The summed E-state index contributed by atoms with van der Waals surface area (Å²) in [4.78, 5) is 29.9. The van der Waals surface area contributed by atoms with Crippen LogP contribution in [-0.4, -0.2) is 37.2 Å². The number of aromatic nitrogens is 4. The van der Waals surface area contributed by atoms with Crippen LogP contribution in [0, 0.1) is 0 Å². The van der Waals surface area contributed by atoms with Gasteiger partial charge in [-0.05, 0) is 30.7 Å². The summed E-state index contributed by atoms with van der Waals surface area (Å²) < 4.78 is 3.10. The molecule has 0 aliphatic heterocycles. The van der Waals surface area contributed by atoms with Gasteiger partial charge in [-0.2, -0.15) is 5.10 Å². The second-order valence-corrected chi connectivity index (χ2v) is 5.89. The van der Waals surface area contributed by atoms with E-state index in [1.165, 1.54) is 17.0 Å². The van der Waals surface area contributed by atoms with Gasteiger partial charge in [0.2, 0.25) is 0 Å². The highest BCUT2D eigenvalue weighted by Crippen LogP contribution is 2.21. The van der Waals surface area contributed by atoms with E-state index in [0.29, 0.717) is 5.56 Å². The molecule has 0 N–H and O–H groups in total. The molecule has 25 heavy (non-hydrogen) atoms. The van der Waals surface area contributed by atoms with Crippen LogP contribution in [-0.2, 0) is 7.05 Å². The zero-order valence-corrected chi connectivity index (χ0v) is 14.3. The molecule has 0 aliphatic carbocycles. The number of amides is 1. The molecule has 0 bridgehead atoms. The lowest BCUT2D eigenvalue weighted by Crippen LogP contribution is -2.31. The Hall–Kier alpha value is -3.22. The summed E-state index contributed by atoms with van der Waals surface area (Å²) in [6.45, 7) is 1.95. The van der Waals surface area contributed by atoms with Crippen LogP contribution in [0.1, 0.15) is 28.9 Å². The average Bonchev–Trinajstić information content (AvgIpc) is 3.17. The molecule has 7 heteroatoms. The lowest BCUT2D eigenvalue weighted by molar-refractivity contribution is 0.0742. The zero-order valence-electron chi connectivity index (χ0n) is 14.3. The lowest BCUT2D eigenvalue weighted by atomic mass is 10.1. The van der Waals surface area contributed by atoms with Crippen molar-refractivity contribution in [2.75, 3.05) is 7.05 Å². The van der Waals surface area contributed by atoms with Crippen molar-refractivity contribution in [1.29, 1.82) is 0 Å². The highest BCUT2D eigenvalue weighted by Gasteiger charge is 2.19. The predicted octanol–water partition coefficient (Wildman–Crippen LogP) is 1.80. The van der Waals surface area contributed by atoms with E-state index in [2.05, 4.69) is 10.1 Å². The predicted molar refractivity (Wildman–Crippen MR) is 93.6 cm³/mol. The Bertz CT molecular complexity index is 929. The molecule has 1 atom stereocenters. The van der Waals surface area contributed by atoms with E-state index in [0.717, 1.165) is 11.3 Å². The summed E-state index contributed by atoms with van der Waals surface area (Å²) in [7, 11) is 3.38. The third kappa shape index (κ3) is 3.35. The number of pyridine rings is 1. The van der Waals surface area contributed by atoms with E-state index in [9.17, 15) is 9.59 Å². The highest BCUT2D eigenvalue weighted by molar-refractivity contribution is 5.94. The summed E-state index contributed by atoms with van der Waals surface area (Å²) in [5.41, 5.74) is 2.07. The topological polar surface area (TPSA) is 73.0 Å². The van der Waals surface area contributed by atoms with Crippen molar-refractivity contribution in [2.45, 2.75) is 13.0 Å². The van der Waals surface area contributed by atoms with Gasteiger partial charge >= 0.3 is 0 Å². The number of aryl methyl sites for hydroxylation is 1. The van der Waals surface area contributed by atoms with Gasteiger partial charge in [0.05, 0.1) is 11.7 Å². The first-order valence-electron chi connectivity index (χ1n) is 7.86. The fourth-order valence-corrected chi connectivity index (χ4v) is 2.53. The number of carbonyl (C=O) groups excluding carboxylic acids is 1. The van der Waals surface area contributed by atoms with Crippen molar-refractivity contribution in [2.24, 2.45) is 7.05 Å². The number of nitrogens with zero attached hydrogens (tertiary/aromatic N) is 5. The number of carbonyl (C=O) groups is 1. The maximum atomic E-state index is 12.6. The zero-order chi connectivity index (χ0) is 18.0. The molecule has 1 aromatic carbocycles. The van der Waals surface area contributed by atoms with Crippen LogP contribution < -0.4 is 5.56 Å². The van der Waals surface area contributed by atoms with Gasteiger partial charge < -0.3 is 9.47 Å². The van der Waals surface area contributed by atoms with Crippen LogP contribution in [0.2, 0.25) is 0 Å². The molecule has 3 aromatic rings. The van der Waals surface area contributed by atoms with Gasteiger partial charge in [0.1, 0.15) is 12.7 Å². The minimum absolute atomic E-state index is 0.138. The summed E-state index contributed by atoms with van der Waals surface area (Å²) >= 11 is 0. The Morgan fingerprint density at radius 2 is 1.92 bits per heavy atom. The average molecular weight is 337 g/mol. The molecule has 2 heterocycles. The van der Waals surface area contributed by atoms with Crippen LogP contribution in [0.25, 0.3) is 5.69 Å². The Balaban J connectivity index is 1.79. The highest BCUT2D eigenvalue weighted by atomic mass is 16.2. The second-order valence-electron chi connectivity index (χ2n) is 5.89. The van der Waals surface area contributed by atoms with E-state index in [4.69, 9.17) is 0 Å². The molecule has 3 rings (SSSR count). The molecule has 0 unspecified atom stereocenters. The Morgan fingerprint density at radius 3 is 2.52 bits per heavy atom. The summed E-state index contributed by atoms with van der Waals surface area (Å²) in [5, 5.41) is 4.09. The van der Waals surface area contributed by atoms with Crippen LogP contribution in [0.5, 0.6) is 0 Å². The maximum Gasteiger partial charge on any atom is 0.254 e. The first kappa shape index (κ1) is 16.6. The van der Waals surface area contributed by atoms with Gasteiger partial charge in [-0.1, -0.05) is 12.1 Å². The molecule has 1 amide bonds. The third-order valence-corrected chi connectivity index (χ3v) is 4.31. The van der Waals surface area contributed by atoms with E-state index in [1.807, 2.05) is 31.2 Å². The monoisotopic (exact) mass is 337 g/mol. The number of hydrogen-bond donors (Lipinski definition) is 0. The quantitative estimate of drug-likeness (QED) is 0.728. The minimum Gasteiger partial charge on any atom is -0.335 e. The Kier molecular flexibility index (Phi) is 4.47. The molecule has 7 nitrogen and oxygen atoms in total. The molecule has 0 aliphatic rings. The Morgan fingerprint density at radius 1 is 1.20 bits per heavy atom. The van der Waals surface area contributed by atoms with Gasteiger partial charge in [-0.15, -0.1) is 0 Å². The minimum atomic E-state index is -0.205. The number of rotatable bonds is 4. The van der Waals surface area contributed by atoms with Crippen molar-refractivity contribution in [3.63, 3.8) is 0 Å². The van der Waals surface area contributed by atoms with Crippen molar-refractivity contribution in [3.8, 4) is 5.69 Å². The molecule has 2 aromatic heterocycles. The van der Waals surface area contributed by atoms with Gasteiger partial charge in [0.25, 0.3) is 11.5 Å². The lowest BCUT2D eigenvalue weighted by Gasteiger charge is -2.25. The standard InChI is InChI=1S/C18H19N5O2/c1-13(14-4-6-16(7-5-14)23-12-19-11-20-23)22(3)18(25)15-8-9-21(2)17(24)10-15/h4-13H,1-3H3/t13-/m1/s1. The van der Waals surface area contributed by atoms with Crippen LogP contribution >= 0.6 is 0 Å². The van der Waals surface area contributed by atoms with Crippen LogP contribution in [0.15, 0.2) is 60.0 Å². The SMILES string of the molecule is C[C@H](c1ccc(-n2cncn2)cc1)N(C)C(=O)c1ccn(C)c(=O)c1. The van der Waals surface area contributed by atoms with E-state index in [-0.39, 0.29) is 17.5 Å². The molecular formula is C18H19N5O2. The number of hydrogen-bond acceptors (Lipinski definition) is 4. The largest absolute Gasteiger partial charge is 0.335 e. The van der Waals surface area contributed by atoms with Crippen molar-refractivity contribution >= 4 is 5.91 Å². The summed E-state index contributed by atoms with van der Waals surface area (Å²) in [5.74, 6) is -0.189. The van der Waals surface area contributed by atoms with Gasteiger partial charge in [-0.25, -0.2) is 9.67 Å². The summed E-state index contributed by atoms with van der Waals surface area (Å²) in [6.07, 6.45) is 4.71. The second kappa shape index (κ2) is 6.72. The van der Waals surface area contributed by atoms with Gasteiger partial charge in [-0.3, -0.25) is 9.59 Å². The molecule has 0 saturated heterocycles. The maximum absolute atomic E-state index is 12.6. The van der Waals surface area contributed by atoms with Gasteiger partial charge in [0.15, 0.2) is 0 Å².